The SMILES string of the molecule is c1ccc(-c2ccc3ccc4ccc(-c5ccc(-c6ccc(-c7nc8ccc9ccccc9c8c8c7sc7ccccc78)cc6)cc5)nc4c3n2)cc1. The summed E-state index contributed by atoms with van der Waals surface area (Å²) in [6.45, 7) is 0. The monoisotopic (exact) mass is 691 g/mol. The Bertz CT molecular complexity index is 3200. The largest absolute Gasteiger partial charge is 0.246 e. The fourth-order valence-corrected chi connectivity index (χ4v) is 9.02. The van der Waals surface area contributed by atoms with Crippen LogP contribution < -0.4 is 0 Å². The van der Waals surface area contributed by atoms with Crippen LogP contribution in [-0.2, 0) is 0 Å². The van der Waals surface area contributed by atoms with Crippen LogP contribution in [0.3, 0.4) is 0 Å². The maximum absolute atomic E-state index is 5.33. The standard InChI is InChI=1S/C49H29N3S/c1-2-9-33(10-3-1)40-27-25-35-22-23-36-26-28-41(51-47(36)46(35)50-40)34-18-14-30(15-19-34)31-16-20-37(21-17-31)48-49-45(39-12-6-7-13-43(39)53-49)44-38-11-5-4-8-32(38)24-29-42(44)52-48/h1-29H. The third kappa shape index (κ3) is 4.91. The number of fused-ring (bicyclic) bond motifs is 10. The average Bonchev–Trinajstić information content (AvgIpc) is 3.63. The van der Waals surface area contributed by atoms with Crippen LogP contribution in [0.4, 0.5) is 0 Å². The Morgan fingerprint density at radius 2 is 0.868 bits per heavy atom. The highest BCUT2D eigenvalue weighted by atomic mass is 32.1. The van der Waals surface area contributed by atoms with E-state index in [1.54, 1.807) is 0 Å². The van der Waals surface area contributed by atoms with Crippen LogP contribution in [0.2, 0.25) is 0 Å². The molecule has 7 aromatic carbocycles. The maximum atomic E-state index is 5.33. The number of pyridine rings is 3. The lowest BCUT2D eigenvalue weighted by molar-refractivity contribution is 1.36. The second-order valence-electron chi connectivity index (χ2n) is 13.6. The molecule has 0 amide bonds. The number of thiophene rings is 1. The van der Waals surface area contributed by atoms with Gasteiger partial charge in [0.15, 0.2) is 0 Å². The van der Waals surface area contributed by atoms with E-state index in [0.717, 1.165) is 72.2 Å². The summed E-state index contributed by atoms with van der Waals surface area (Å²) in [5.41, 5.74) is 11.4. The topological polar surface area (TPSA) is 38.7 Å². The van der Waals surface area contributed by atoms with Gasteiger partial charge in [0, 0.05) is 48.3 Å². The zero-order valence-electron chi connectivity index (χ0n) is 28.5. The first-order valence-electron chi connectivity index (χ1n) is 17.9. The summed E-state index contributed by atoms with van der Waals surface area (Å²) in [4.78, 5) is 15.6. The lowest BCUT2D eigenvalue weighted by Gasteiger charge is -2.11. The van der Waals surface area contributed by atoms with Crippen molar-refractivity contribution in [1.29, 1.82) is 0 Å². The van der Waals surface area contributed by atoms with Crippen LogP contribution in [0.1, 0.15) is 0 Å². The molecule has 0 aliphatic carbocycles. The second-order valence-corrected chi connectivity index (χ2v) is 14.6. The Kier molecular flexibility index (Phi) is 6.73. The second kappa shape index (κ2) is 11.9. The van der Waals surface area contributed by atoms with Crippen molar-refractivity contribution in [2.45, 2.75) is 0 Å². The molecule has 0 aliphatic rings. The van der Waals surface area contributed by atoms with Crippen molar-refractivity contribution < 1.29 is 0 Å². The van der Waals surface area contributed by atoms with Gasteiger partial charge in [-0.15, -0.1) is 11.3 Å². The Hall–Kier alpha value is -6.75. The zero-order chi connectivity index (χ0) is 34.9. The Balaban J connectivity index is 0.958. The molecule has 0 unspecified atom stereocenters. The van der Waals surface area contributed by atoms with Gasteiger partial charge in [-0.05, 0) is 46.2 Å². The number of aromatic nitrogens is 3. The lowest BCUT2D eigenvalue weighted by Crippen LogP contribution is -1.91. The molecule has 4 aromatic heterocycles. The molecule has 0 saturated carbocycles. The summed E-state index contributed by atoms with van der Waals surface area (Å²) < 4.78 is 2.51. The number of hydrogen-bond acceptors (Lipinski definition) is 4. The van der Waals surface area contributed by atoms with E-state index < -0.39 is 0 Å². The number of rotatable bonds is 4. The van der Waals surface area contributed by atoms with Crippen LogP contribution in [-0.4, -0.2) is 15.0 Å². The molecule has 0 saturated heterocycles. The van der Waals surface area contributed by atoms with Gasteiger partial charge in [0.25, 0.3) is 0 Å². The molecule has 11 aromatic rings. The summed E-state index contributed by atoms with van der Waals surface area (Å²) in [6, 6.07) is 62.4. The van der Waals surface area contributed by atoms with Crippen molar-refractivity contribution in [2.24, 2.45) is 0 Å². The molecule has 0 spiro atoms. The van der Waals surface area contributed by atoms with Crippen LogP contribution >= 0.6 is 11.3 Å². The molecule has 11 rings (SSSR count). The zero-order valence-corrected chi connectivity index (χ0v) is 29.3. The molecule has 0 aliphatic heterocycles. The van der Waals surface area contributed by atoms with Crippen molar-refractivity contribution in [1.82, 2.24) is 15.0 Å². The molecule has 0 N–H and O–H groups in total. The van der Waals surface area contributed by atoms with Crippen LogP contribution in [0.15, 0.2) is 176 Å². The van der Waals surface area contributed by atoms with E-state index in [1.165, 1.54) is 36.3 Å². The maximum Gasteiger partial charge on any atom is 0.0972 e. The molecule has 0 radical (unpaired) electrons. The first-order valence-corrected chi connectivity index (χ1v) is 18.7. The third-order valence-corrected chi connectivity index (χ3v) is 11.6. The minimum Gasteiger partial charge on any atom is -0.246 e. The van der Waals surface area contributed by atoms with Gasteiger partial charge in [-0.2, -0.15) is 0 Å². The van der Waals surface area contributed by atoms with Gasteiger partial charge in [0.2, 0.25) is 0 Å². The average molecular weight is 692 g/mol. The fraction of sp³-hybridized carbons (Fsp3) is 0. The molecular weight excluding hydrogens is 663 g/mol. The van der Waals surface area contributed by atoms with Gasteiger partial charge in [-0.25, -0.2) is 15.0 Å². The molecule has 53 heavy (non-hydrogen) atoms. The van der Waals surface area contributed by atoms with Crippen molar-refractivity contribution >= 4 is 75.0 Å². The summed E-state index contributed by atoms with van der Waals surface area (Å²) in [5.74, 6) is 0. The lowest BCUT2D eigenvalue weighted by atomic mass is 9.97. The van der Waals surface area contributed by atoms with Gasteiger partial charge in [0.05, 0.1) is 38.3 Å². The van der Waals surface area contributed by atoms with Crippen LogP contribution in [0.5, 0.6) is 0 Å². The van der Waals surface area contributed by atoms with E-state index in [1.807, 2.05) is 29.5 Å². The molecule has 3 nitrogen and oxygen atoms in total. The van der Waals surface area contributed by atoms with E-state index >= 15 is 0 Å². The van der Waals surface area contributed by atoms with Gasteiger partial charge in [-0.3, -0.25) is 0 Å². The molecular formula is C49H29N3S. The van der Waals surface area contributed by atoms with Gasteiger partial charge in [-0.1, -0.05) is 152 Å². The first kappa shape index (κ1) is 29.9. The highest BCUT2D eigenvalue weighted by Crippen LogP contribution is 2.45. The van der Waals surface area contributed by atoms with Crippen molar-refractivity contribution in [2.75, 3.05) is 0 Å². The Morgan fingerprint density at radius 1 is 0.340 bits per heavy atom. The smallest absolute Gasteiger partial charge is 0.0972 e. The summed E-state index contributed by atoms with van der Waals surface area (Å²) in [5, 5.41) is 8.47. The van der Waals surface area contributed by atoms with E-state index in [2.05, 4.69) is 158 Å². The molecule has 0 atom stereocenters. The van der Waals surface area contributed by atoms with E-state index in [9.17, 15) is 0 Å². The minimum atomic E-state index is 0.917. The fourth-order valence-electron chi connectivity index (χ4n) is 7.80. The highest BCUT2D eigenvalue weighted by molar-refractivity contribution is 7.26. The van der Waals surface area contributed by atoms with Crippen molar-refractivity contribution in [3.8, 4) is 44.9 Å². The van der Waals surface area contributed by atoms with E-state index in [0.29, 0.717) is 0 Å². The summed E-state index contributed by atoms with van der Waals surface area (Å²) >= 11 is 1.83. The van der Waals surface area contributed by atoms with Crippen LogP contribution in [0.25, 0.3) is 109 Å². The van der Waals surface area contributed by atoms with Crippen molar-refractivity contribution in [3.63, 3.8) is 0 Å². The number of benzene rings is 7. The third-order valence-electron chi connectivity index (χ3n) is 10.5. The Morgan fingerprint density at radius 3 is 1.57 bits per heavy atom. The van der Waals surface area contributed by atoms with Crippen LogP contribution in [0, 0.1) is 0 Å². The highest BCUT2D eigenvalue weighted by Gasteiger charge is 2.18. The van der Waals surface area contributed by atoms with Crippen molar-refractivity contribution in [3.05, 3.63) is 176 Å². The molecule has 4 heterocycles. The number of hydrogen-bond donors (Lipinski definition) is 0. The predicted octanol–water partition coefficient (Wildman–Crippen LogP) is 13.5. The summed E-state index contributed by atoms with van der Waals surface area (Å²) in [7, 11) is 0. The minimum absolute atomic E-state index is 0.917. The van der Waals surface area contributed by atoms with Gasteiger partial charge < -0.3 is 0 Å². The molecule has 0 fully saturated rings. The van der Waals surface area contributed by atoms with E-state index in [4.69, 9.17) is 15.0 Å². The van der Waals surface area contributed by atoms with Gasteiger partial charge >= 0.3 is 0 Å². The van der Waals surface area contributed by atoms with Gasteiger partial charge in [0.1, 0.15) is 0 Å². The number of nitrogens with zero attached hydrogens (tertiary/aromatic N) is 3. The normalized spacial score (nSPS) is 11.8. The molecule has 0 bridgehead atoms. The quantitative estimate of drug-likeness (QED) is 0.172. The summed E-state index contributed by atoms with van der Waals surface area (Å²) in [6.07, 6.45) is 0. The predicted molar refractivity (Wildman–Crippen MR) is 224 cm³/mol. The Labute approximate surface area is 309 Å². The first-order chi connectivity index (χ1) is 26.2. The van der Waals surface area contributed by atoms with E-state index in [-0.39, 0.29) is 0 Å². The molecule has 4 heteroatoms. The molecule has 246 valence electrons.